The van der Waals surface area contributed by atoms with Crippen LogP contribution in [0.1, 0.15) is 5.56 Å². The van der Waals surface area contributed by atoms with Gasteiger partial charge in [-0.15, -0.1) is 11.8 Å². The van der Waals surface area contributed by atoms with Crippen LogP contribution < -0.4 is 4.74 Å². The molecule has 3 aromatic carbocycles. The third-order valence-corrected chi connectivity index (χ3v) is 5.06. The van der Waals surface area contributed by atoms with Gasteiger partial charge in [-0.05, 0) is 40.6 Å². The number of benzene rings is 3. The first-order valence-corrected chi connectivity index (χ1v) is 9.39. The Morgan fingerprint density at radius 3 is 2.44 bits per heavy atom. The lowest BCUT2D eigenvalue weighted by atomic mass is 10.1. The van der Waals surface area contributed by atoms with E-state index >= 15 is 0 Å². The molecule has 0 spiro atoms. The second-order valence-corrected chi connectivity index (χ2v) is 7.12. The first-order chi connectivity index (χ1) is 13.0. The van der Waals surface area contributed by atoms with Crippen LogP contribution in [-0.2, 0) is 11.3 Å². The van der Waals surface area contributed by atoms with Gasteiger partial charge in [0.05, 0.1) is 5.75 Å². The molecule has 0 aliphatic rings. The average Bonchev–Trinajstić information content (AvgIpc) is 2.67. The summed E-state index contributed by atoms with van der Waals surface area (Å²) < 4.78 is 28.7. The van der Waals surface area contributed by atoms with Crippen LogP contribution in [0.15, 0.2) is 71.6 Å². The summed E-state index contributed by atoms with van der Waals surface area (Å²) in [5.74, 6) is 0.442. The van der Waals surface area contributed by atoms with E-state index in [4.69, 9.17) is 0 Å². The van der Waals surface area contributed by atoms with Crippen molar-refractivity contribution in [1.29, 1.82) is 0 Å². The van der Waals surface area contributed by atoms with Crippen molar-refractivity contribution in [2.75, 3.05) is 12.8 Å². The van der Waals surface area contributed by atoms with Crippen molar-refractivity contribution in [2.24, 2.45) is 0 Å². The molecule has 0 aromatic heterocycles. The lowest BCUT2D eigenvalue weighted by molar-refractivity contribution is -0.127. The molecule has 0 saturated carbocycles. The summed E-state index contributed by atoms with van der Waals surface area (Å²) in [5, 5.41) is 2.32. The number of halogens is 2. The number of amides is 1. The van der Waals surface area contributed by atoms with Gasteiger partial charge in [-0.25, -0.2) is 0 Å². The molecule has 1 amide bonds. The Hall–Kier alpha value is -2.60. The Morgan fingerprint density at radius 2 is 1.74 bits per heavy atom. The molecule has 0 N–H and O–H groups in total. The second kappa shape index (κ2) is 8.86. The first kappa shape index (κ1) is 19.2. The van der Waals surface area contributed by atoms with Gasteiger partial charge in [0.25, 0.3) is 0 Å². The maximum atomic E-state index is 12.4. The van der Waals surface area contributed by atoms with Crippen molar-refractivity contribution >= 4 is 28.4 Å². The fourth-order valence-corrected chi connectivity index (χ4v) is 3.54. The molecular weight excluding hydrogens is 368 g/mol. The van der Waals surface area contributed by atoms with E-state index in [1.54, 1.807) is 24.1 Å². The maximum Gasteiger partial charge on any atom is 0.387 e. The quantitative estimate of drug-likeness (QED) is 0.523. The zero-order chi connectivity index (χ0) is 19.2. The number of hydrogen-bond donors (Lipinski definition) is 0. The van der Waals surface area contributed by atoms with Crippen LogP contribution in [0.4, 0.5) is 8.78 Å². The highest BCUT2D eigenvalue weighted by Gasteiger charge is 2.11. The molecule has 0 saturated heterocycles. The van der Waals surface area contributed by atoms with Crippen LogP contribution in [0.25, 0.3) is 10.8 Å². The number of alkyl halides is 2. The van der Waals surface area contributed by atoms with E-state index in [9.17, 15) is 13.6 Å². The molecule has 0 aliphatic heterocycles. The second-order valence-electron chi connectivity index (χ2n) is 6.07. The third kappa shape index (κ3) is 5.44. The fourth-order valence-electron chi connectivity index (χ4n) is 2.65. The molecule has 140 valence electrons. The SMILES string of the molecule is CN(Cc1ccc(OC(F)F)cc1)C(=O)CSc1ccc2ccccc2c1. The van der Waals surface area contributed by atoms with E-state index in [1.807, 2.05) is 18.2 Å². The smallest absolute Gasteiger partial charge is 0.387 e. The highest BCUT2D eigenvalue weighted by Crippen LogP contribution is 2.24. The van der Waals surface area contributed by atoms with Crippen molar-refractivity contribution in [2.45, 2.75) is 18.1 Å². The summed E-state index contributed by atoms with van der Waals surface area (Å²) in [6, 6.07) is 20.6. The molecule has 0 unspecified atom stereocenters. The summed E-state index contributed by atoms with van der Waals surface area (Å²) in [6.07, 6.45) is 0. The number of carbonyl (C=O) groups is 1. The monoisotopic (exact) mass is 387 g/mol. The fraction of sp³-hybridized carbons (Fsp3) is 0.190. The van der Waals surface area contributed by atoms with Crippen molar-refractivity contribution < 1.29 is 18.3 Å². The van der Waals surface area contributed by atoms with Crippen LogP contribution in [-0.4, -0.2) is 30.2 Å². The summed E-state index contributed by atoms with van der Waals surface area (Å²) >= 11 is 1.50. The summed E-state index contributed by atoms with van der Waals surface area (Å²) in [5.41, 5.74) is 0.850. The predicted molar refractivity (Wildman–Crippen MR) is 104 cm³/mol. The highest BCUT2D eigenvalue weighted by molar-refractivity contribution is 8.00. The zero-order valence-electron chi connectivity index (χ0n) is 14.8. The summed E-state index contributed by atoms with van der Waals surface area (Å²) in [7, 11) is 1.73. The summed E-state index contributed by atoms with van der Waals surface area (Å²) in [4.78, 5) is 15.0. The lowest BCUT2D eigenvalue weighted by Crippen LogP contribution is -2.27. The van der Waals surface area contributed by atoms with Crippen molar-refractivity contribution in [3.05, 3.63) is 72.3 Å². The molecule has 27 heavy (non-hydrogen) atoms. The minimum Gasteiger partial charge on any atom is -0.435 e. The van der Waals surface area contributed by atoms with Gasteiger partial charge in [-0.3, -0.25) is 4.79 Å². The molecule has 0 aliphatic carbocycles. The molecule has 3 rings (SSSR count). The number of rotatable bonds is 7. The largest absolute Gasteiger partial charge is 0.435 e. The molecule has 6 heteroatoms. The van der Waals surface area contributed by atoms with E-state index in [1.165, 1.54) is 29.3 Å². The Morgan fingerprint density at radius 1 is 1.04 bits per heavy atom. The van der Waals surface area contributed by atoms with Gasteiger partial charge in [-0.2, -0.15) is 8.78 Å². The Bertz CT molecular complexity index is 915. The molecule has 0 fully saturated rings. The molecule has 0 atom stereocenters. The third-order valence-electron chi connectivity index (χ3n) is 4.08. The van der Waals surface area contributed by atoms with Crippen molar-refractivity contribution in [1.82, 2.24) is 4.90 Å². The maximum absolute atomic E-state index is 12.4. The molecule has 3 aromatic rings. The summed E-state index contributed by atoms with van der Waals surface area (Å²) in [6.45, 7) is -2.43. The number of ether oxygens (including phenoxy) is 1. The van der Waals surface area contributed by atoms with E-state index in [2.05, 4.69) is 29.0 Å². The predicted octanol–water partition coefficient (Wildman–Crippen LogP) is 5.19. The van der Waals surface area contributed by atoms with Crippen LogP contribution in [0.2, 0.25) is 0 Å². The standard InChI is InChI=1S/C21H19F2NO2S/c1-24(13-15-6-9-18(10-7-15)26-21(22)23)20(25)14-27-19-11-8-16-4-2-3-5-17(16)12-19/h2-12,21H,13-14H2,1H3. The zero-order valence-corrected chi connectivity index (χ0v) is 15.6. The van der Waals surface area contributed by atoms with E-state index < -0.39 is 6.61 Å². The van der Waals surface area contributed by atoms with Gasteiger partial charge in [0.2, 0.25) is 5.91 Å². The molecular formula is C21H19F2NO2S. The number of carbonyl (C=O) groups excluding carboxylic acids is 1. The topological polar surface area (TPSA) is 29.5 Å². The molecule has 0 bridgehead atoms. The van der Waals surface area contributed by atoms with Gasteiger partial charge in [0.1, 0.15) is 5.75 Å². The molecule has 0 heterocycles. The highest BCUT2D eigenvalue weighted by atomic mass is 32.2. The van der Waals surface area contributed by atoms with Gasteiger partial charge >= 0.3 is 6.61 Å². The van der Waals surface area contributed by atoms with E-state index in [-0.39, 0.29) is 11.7 Å². The van der Waals surface area contributed by atoms with Gasteiger partial charge < -0.3 is 9.64 Å². The van der Waals surface area contributed by atoms with Crippen molar-refractivity contribution in [3.63, 3.8) is 0 Å². The molecule has 0 radical (unpaired) electrons. The minimum absolute atomic E-state index is 0.000987. The van der Waals surface area contributed by atoms with Gasteiger partial charge in [0, 0.05) is 18.5 Å². The molecule has 3 nitrogen and oxygen atoms in total. The Kier molecular flexibility index (Phi) is 6.29. The van der Waals surface area contributed by atoms with Crippen LogP contribution >= 0.6 is 11.8 Å². The van der Waals surface area contributed by atoms with E-state index in [0.717, 1.165) is 15.8 Å². The Labute approximate surface area is 160 Å². The first-order valence-electron chi connectivity index (χ1n) is 8.40. The van der Waals surface area contributed by atoms with Gasteiger partial charge in [0.15, 0.2) is 0 Å². The lowest BCUT2D eigenvalue weighted by Gasteiger charge is -2.17. The van der Waals surface area contributed by atoms with Crippen LogP contribution in [0.3, 0.4) is 0 Å². The number of nitrogens with zero attached hydrogens (tertiary/aromatic N) is 1. The number of fused-ring (bicyclic) bond motifs is 1. The van der Waals surface area contributed by atoms with Gasteiger partial charge in [-0.1, -0.05) is 42.5 Å². The average molecular weight is 387 g/mol. The van der Waals surface area contributed by atoms with Crippen molar-refractivity contribution in [3.8, 4) is 5.75 Å². The normalized spacial score (nSPS) is 11.0. The Balaban J connectivity index is 1.53. The number of hydrogen-bond acceptors (Lipinski definition) is 3. The van der Waals surface area contributed by atoms with E-state index in [0.29, 0.717) is 12.3 Å². The van der Waals surface area contributed by atoms with Crippen LogP contribution in [0.5, 0.6) is 5.75 Å². The minimum atomic E-state index is -2.84. The van der Waals surface area contributed by atoms with Crippen LogP contribution in [0, 0.1) is 0 Å². The number of thioether (sulfide) groups is 1.